The Labute approximate surface area is 63.7 Å². The first-order valence-corrected chi connectivity index (χ1v) is 3.15. The van der Waals surface area contributed by atoms with E-state index in [0.717, 1.165) is 0 Å². The highest BCUT2D eigenvalue weighted by molar-refractivity contribution is 6.30. The van der Waals surface area contributed by atoms with Gasteiger partial charge in [0.1, 0.15) is 5.16 Å². The first kappa shape index (κ1) is 7.15. The molecule has 2 N–H and O–H groups in total. The van der Waals surface area contributed by atoms with Gasteiger partial charge >= 0.3 is 0 Å². The lowest BCUT2D eigenvalue weighted by molar-refractivity contribution is -0.115. The summed E-state index contributed by atoms with van der Waals surface area (Å²) in [6.45, 7) is 0.388. The Morgan fingerprint density at radius 2 is 2.40 bits per heavy atom. The lowest BCUT2D eigenvalue weighted by Crippen LogP contribution is -2.26. The maximum atomic E-state index is 10.2. The molecule has 3 nitrogen and oxygen atoms in total. The zero-order valence-electron chi connectivity index (χ0n) is 5.25. The fraction of sp³-hybridized carbons (Fsp3) is 0.167. The van der Waals surface area contributed by atoms with E-state index >= 15 is 0 Å². The van der Waals surface area contributed by atoms with Gasteiger partial charge in [-0.3, -0.25) is 9.69 Å². The summed E-state index contributed by atoms with van der Waals surface area (Å²) in [6.07, 6.45) is 3.93. The van der Waals surface area contributed by atoms with Crippen molar-refractivity contribution in [3.8, 4) is 0 Å². The number of nitrogens with zero attached hydrogens (tertiary/aromatic N) is 1. The first-order chi connectivity index (χ1) is 4.74. The molecule has 10 heavy (non-hydrogen) atoms. The maximum Gasteiger partial charge on any atom is 0.215 e. The molecular formula is C6H7ClN2O. The molecule has 0 spiro atoms. The monoisotopic (exact) mass is 158 g/mol. The Balaban J connectivity index is 2.77. The number of hydrogen-bond donors (Lipinski definition) is 1. The van der Waals surface area contributed by atoms with Crippen molar-refractivity contribution >= 4 is 18.0 Å². The van der Waals surface area contributed by atoms with Crippen LogP contribution in [0.2, 0.25) is 0 Å². The zero-order valence-corrected chi connectivity index (χ0v) is 6.01. The van der Waals surface area contributed by atoms with Gasteiger partial charge in [-0.05, 0) is 12.2 Å². The molecule has 0 saturated carbocycles. The Morgan fingerprint density at radius 3 is 2.90 bits per heavy atom. The van der Waals surface area contributed by atoms with E-state index in [2.05, 4.69) is 0 Å². The lowest BCUT2D eigenvalue weighted by Gasteiger charge is -2.18. The van der Waals surface area contributed by atoms with Crippen molar-refractivity contribution in [1.82, 2.24) is 4.90 Å². The largest absolute Gasteiger partial charge is 0.401 e. The molecule has 0 aromatic rings. The van der Waals surface area contributed by atoms with Crippen LogP contribution in [0, 0.1) is 0 Å². The summed E-state index contributed by atoms with van der Waals surface area (Å²) in [5, 5.41) is 0.407. The summed E-state index contributed by atoms with van der Waals surface area (Å²) in [4.78, 5) is 11.6. The van der Waals surface area contributed by atoms with Gasteiger partial charge in [0, 0.05) is 5.70 Å². The molecule has 0 fully saturated rings. The van der Waals surface area contributed by atoms with Crippen molar-refractivity contribution < 1.29 is 4.79 Å². The van der Waals surface area contributed by atoms with Gasteiger partial charge in [-0.1, -0.05) is 11.6 Å². The Morgan fingerprint density at radius 1 is 1.70 bits per heavy atom. The van der Waals surface area contributed by atoms with E-state index < -0.39 is 0 Å². The van der Waals surface area contributed by atoms with Gasteiger partial charge in [0.15, 0.2) is 0 Å². The van der Waals surface area contributed by atoms with E-state index in [4.69, 9.17) is 17.3 Å². The number of nitrogens with two attached hydrogens (primary N) is 1. The number of rotatable bonds is 1. The second-order valence-electron chi connectivity index (χ2n) is 1.96. The van der Waals surface area contributed by atoms with E-state index in [9.17, 15) is 4.79 Å². The summed E-state index contributed by atoms with van der Waals surface area (Å²) >= 11 is 5.60. The number of amides is 1. The van der Waals surface area contributed by atoms with Crippen LogP contribution in [-0.4, -0.2) is 17.9 Å². The van der Waals surface area contributed by atoms with Crippen LogP contribution < -0.4 is 5.73 Å². The summed E-state index contributed by atoms with van der Waals surface area (Å²) in [5.74, 6) is 0. The molecule has 1 amide bonds. The number of carbonyl (C=O) groups excluding carboxylic acids is 1. The van der Waals surface area contributed by atoms with Gasteiger partial charge in [0.05, 0.1) is 6.54 Å². The fourth-order valence-corrected chi connectivity index (χ4v) is 0.847. The van der Waals surface area contributed by atoms with Crippen LogP contribution in [0.4, 0.5) is 0 Å². The molecule has 1 aliphatic heterocycles. The molecule has 0 radical (unpaired) electrons. The average molecular weight is 159 g/mol. The Kier molecular flexibility index (Phi) is 1.97. The highest BCUT2D eigenvalue weighted by Crippen LogP contribution is 2.12. The Bertz CT molecular complexity index is 210. The average Bonchev–Trinajstić information content (AvgIpc) is 1.94. The second-order valence-corrected chi connectivity index (χ2v) is 2.35. The molecule has 0 aromatic heterocycles. The lowest BCUT2D eigenvalue weighted by atomic mass is 10.3. The van der Waals surface area contributed by atoms with Crippen LogP contribution in [0.3, 0.4) is 0 Å². The molecule has 0 aromatic carbocycles. The van der Waals surface area contributed by atoms with E-state index in [-0.39, 0.29) is 0 Å². The predicted octanol–water partition coefficient (Wildman–Crippen LogP) is 0.381. The van der Waals surface area contributed by atoms with Gasteiger partial charge in [-0.15, -0.1) is 0 Å². The Hall–Kier alpha value is -0.960. The van der Waals surface area contributed by atoms with Gasteiger partial charge in [-0.25, -0.2) is 0 Å². The molecule has 4 heteroatoms. The minimum Gasteiger partial charge on any atom is -0.401 e. The van der Waals surface area contributed by atoms with Crippen molar-refractivity contribution in [1.29, 1.82) is 0 Å². The summed E-state index contributed by atoms with van der Waals surface area (Å²) < 4.78 is 0. The highest BCUT2D eigenvalue weighted by atomic mass is 35.5. The fourth-order valence-electron chi connectivity index (χ4n) is 0.684. The first-order valence-electron chi connectivity index (χ1n) is 2.78. The van der Waals surface area contributed by atoms with Crippen LogP contribution in [-0.2, 0) is 4.79 Å². The molecule has 0 bridgehead atoms. The minimum absolute atomic E-state index is 0.388. The minimum atomic E-state index is 0.388. The normalized spacial score (nSPS) is 17.9. The molecule has 54 valence electrons. The molecule has 0 atom stereocenters. The third-order valence-electron chi connectivity index (χ3n) is 1.19. The number of allylic oxidation sites excluding steroid dienone is 2. The zero-order chi connectivity index (χ0) is 7.56. The molecule has 1 aliphatic rings. The molecular weight excluding hydrogens is 152 g/mol. The molecule has 1 rings (SSSR count). The summed E-state index contributed by atoms with van der Waals surface area (Å²) in [7, 11) is 0. The van der Waals surface area contributed by atoms with Crippen molar-refractivity contribution in [3.63, 3.8) is 0 Å². The predicted molar refractivity (Wildman–Crippen MR) is 39.0 cm³/mol. The number of hydrogen-bond acceptors (Lipinski definition) is 2. The standard InChI is InChI=1S/C6H7ClN2O/c7-6-2-1-5(8)3-9(6)4-10/h1-2,4H,3,8H2. The van der Waals surface area contributed by atoms with Gasteiger partial charge < -0.3 is 5.73 Å². The van der Waals surface area contributed by atoms with Crippen LogP contribution in [0.5, 0.6) is 0 Å². The van der Waals surface area contributed by atoms with Crippen LogP contribution in [0.25, 0.3) is 0 Å². The number of halogens is 1. The third kappa shape index (κ3) is 1.30. The maximum absolute atomic E-state index is 10.2. The summed E-state index contributed by atoms with van der Waals surface area (Å²) in [6, 6.07) is 0. The summed E-state index contributed by atoms with van der Waals surface area (Å²) in [5.41, 5.74) is 6.06. The molecule has 1 heterocycles. The number of carbonyl (C=O) groups is 1. The van der Waals surface area contributed by atoms with Gasteiger partial charge in [0.2, 0.25) is 6.41 Å². The van der Waals surface area contributed by atoms with Crippen molar-refractivity contribution in [2.45, 2.75) is 0 Å². The third-order valence-corrected chi connectivity index (χ3v) is 1.53. The SMILES string of the molecule is NC1=CC=C(Cl)N(C=O)C1. The van der Waals surface area contributed by atoms with Crippen LogP contribution in [0.15, 0.2) is 23.0 Å². The highest BCUT2D eigenvalue weighted by Gasteiger charge is 2.09. The van der Waals surface area contributed by atoms with E-state index in [1.165, 1.54) is 4.90 Å². The topological polar surface area (TPSA) is 46.3 Å². The van der Waals surface area contributed by atoms with Crippen molar-refractivity contribution in [2.75, 3.05) is 6.54 Å². The smallest absolute Gasteiger partial charge is 0.215 e. The van der Waals surface area contributed by atoms with Crippen molar-refractivity contribution in [2.24, 2.45) is 5.73 Å². The van der Waals surface area contributed by atoms with Crippen LogP contribution >= 0.6 is 11.6 Å². The second kappa shape index (κ2) is 2.75. The van der Waals surface area contributed by atoms with E-state index in [0.29, 0.717) is 23.8 Å². The molecule has 0 unspecified atom stereocenters. The van der Waals surface area contributed by atoms with E-state index in [1.54, 1.807) is 12.2 Å². The van der Waals surface area contributed by atoms with Gasteiger partial charge in [0.25, 0.3) is 0 Å². The van der Waals surface area contributed by atoms with Crippen molar-refractivity contribution in [3.05, 3.63) is 23.0 Å². The van der Waals surface area contributed by atoms with Gasteiger partial charge in [-0.2, -0.15) is 0 Å². The quantitative estimate of drug-likeness (QED) is 0.443. The van der Waals surface area contributed by atoms with Crippen LogP contribution in [0.1, 0.15) is 0 Å². The molecule has 0 saturated heterocycles. The molecule has 0 aliphatic carbocycles. The van der Waals surface area contributed by atoms with E-state index in [1.807, 2.05) is 0 Å².